The minimum atomic E-state index is -0.795. The minimum Gasteiger partial charge on any atom is -0.508 e. The molecule has 3 rings (SSSR count). The maximum Gasteiger partial charge on any atom is 0.306 e. The summed E-state index contributed by atoms with van der Waals surface area (Å²) in [4.78, 5) is 25.8. The molecule has 0 spiro atoms. The lowest BCUT2D eigenvalue weighted by molar-refractivity contribution is -0.140. The van der Waals surface area contributed by atoms with Crippen molar-refractivity contribution in [3.63, 3.8) is 0 Å². The summed E-state index contributed by atoms with van der Waals surface area (Å²) >= 11 is 0. The van der Waals surface area contributed by atoms with Crippen molar-refractivity contribution in [3.05, 3.63) is 86.8 Å². The molecule has 0 saturated carbocycles. The first-order valence-electron chi connectivity index (χ1n) is 10.8. The number of nitrogens with zero attached hydrogens (tertiary/aromatic N) is 1. The lowest BCUT2D eigenvalue weighted by atomic mass is 9.87. The molecule has 0 unspecified atom stereocenters. The molecule has 0 amide bonds. The SMILES string of the molecule is COC(=O)C[C@H](c1ccc(OC)c(CO)c1)c1c(O)cc(C)n(CCc2ccc(O)cc2)c1=O. The molecule has 3 N–H and O–H groups in total. The van der Waals surface area contributed by atoms with Crippen LogP contribution in [0.15, 0.2) is 53.3 Å². The Morgan fingerprint density at radius 2 is 1.76 bits per heavy atom. The molecule has 8 heteroatoms. The summed E-state index contributed by atoms with van der Waals surface area (Å²) in [6, 6.07) is 13.3. The van der Waals surface area contributed by atoms with E-state index in [2.05, 4.69) is 0 Å². The molecule has 8 nitrogen and oxygen atoms in total. The van der Waals surface area contributed by atoms with Gasteiger partial charge in [0.25, 0.3) is 5.56 Å². The second-order valence-electron chi connectivity index (χ2n) is 8.02. The normalized spacial score (nSPS) is 11.8. The van der Waals surface area contributed by atoms with E-state index in [1.54, 1.807) is 54.0 Å². The number of pyridine rings is 1. The third kappa shape index (κ3) is 5.40. The highest BCUT2D eigenvalue weighted by Crippen LogP contribution is 2.34. The summed E-state index contributed by atoms with van der Waals surface area (Å²) in [6.45, 7) is 1.78. The molecule has 0 radical (unpaired) electrons. The highest BCUT2D eigenvalue weighted by atomic mass is 16.5. The summed E-state index contributed by atoms with van der Waals surface area (Å²) in [5, 5.41) is 30.0. The van der Waals surface area contributed by atoms with Gasteiger partial charge in [0.2, 0.25) is 0 Å². The molecule has 34 heavy (non-hydrogen) atoms. The lowest BCUT2D eigenvalue weighted by Crippen LogP contribution is -2.29. The molecule has 0 fully saturated rings. The zero-order valence-electron chi connectivity index (χ0n) is 19.4. The third-order valence-electron chi connectivity index (χ3n) is 5.91. The molecule has 0 saturated heterocycles. The number of carbonyl (C=O) groups excluding carboxylic acids is 1. The molecular weight excluding hydrogens is 438 g/mol. The Morgan fingerprint density at radius 1 is 1.06 bits per heavy atom. The van der Waals surface area contributed by atoms with E-state index < -0.39 is 17.4 Å². The fraction of sp³-hybridized carbons (Fsp3) is 0.308. The van der Waals surface area contributed by atoms with E-state index in [1.165, 1.54) is 20.3 Å². The maximum absolute atomic E-state index is 13.6. The van der Waals surface area contributed by atoms with E-state index in [0.717, 1.165) is 5.56 Å². The van der Waals surface area contributed by atoms with Crippen LogP contribution in [-0.4, -0.2) is 40.1 Å². The van der Waals surface area contributed by atoms with Gasteiger partial charge in [-0.25, -0.2) is 0 Å². The minimum absolute atomic E-state index is 0.0794. The average Bonchev–Trinajstić information content (AvgIpc) is 2.83. The largest absolute Gasteiger partial charge is 0.508 e. The monoisotopic (exact) mass is 467 g/mol. The van der Waals surface area contributed by atoms with Gasteiger partial charge in [-0.2, -0.15) is 0 Å². The summed E-state index contributed by atoms with van der Waals surface area (Å²) in [5.74, 6) is -0.907. The standard InChI is InChI=1S/C26H29NO7/c1-16-12-22(30)25(26(32)27(16)11-10-17-4-7-20(29)8-5-17)21(14-24(31)34-3)18-6-9-23(33-2)19(13-18)15-28/h4-9,12-13,21,28-30H,10-11,14-15H2,1-3H3/t21-/m1/s1. The number of aryl methyl sites for hydroxylation is 2. The van der Waals surface area contributed by atoms with Crippen LogP contribution in [-0.2, 0) is 29.1 Å². The fourth-order valence-corrected chi connectivity index (χ4v) is 4.05. The number of phenols is 1. The number of aromatic nitrogens is 1. The number of aliphatic hydroxyl groups excluding tert-OH is 1. The van der Waals surface area contributed by atoms with E-state index >= 15 is 0 Å². The topological polar surface area (TPSA) is 118 Å². The second kappa shape index (κ2) is 10.9. The van der Waals surface area contributed by atoms with Crippen molar-refractivity contribution in [2.75, 3.05) is 14.2 Å². The van der Waals surface area contributed by atoms with E-state index in [-0.39, 0.29) is 30.1 Å². The molecule has 3 aromatic rings. The fourth-order valence-electron chi connectivity index (χ4n) is 4.05. The summed E-state index contributed by atoms with van der Waals surface area (Å²) in [5.41, 5.74) is 2.24. The molecule has 180 valence electrons. The smallest absolute Gasteiger partial charge is 0.306 e. The number of esters is 1. The van der Waals surface area contributed by atoms with Crippen LogP contribution in [0.1, 0.15) is 40.3 Å². The zero-order chi connectivity index (χ0) is 24.8. The number of phenolic OH excluding ortho intramolecular Hbond substituents is 1. The highest BCUT2D eigenvalue weighted by molar-refractivity contribution is 5.71. The van der Waals surface area contributed by atoms with Crippen molar-refractivity contribution in [1.29, 1.82) is 0 Å². The van der Waals surface area contributed by atoms with Crippen LogP contribution in [0.3, 0.4) is 0 Å². The van der Waals surface area contributed by atoms with E-state index in [4.69, 9.17) is 9.47 Å². The molecule has 1 aromatic heterocycles. The number of hydrogen-bond acceptors (Lipinski definition) is 7. The molecule has 0 bridgehead atoms. The molecule has 2 aromatic carbocycles. The molecule has 0 aliphatic rings. The van der Waals surface area contributed by atoms with Gasteiger partial charge in [0.1, 0.15) is 17.2 Å². The van der Waals surface area contributed by atoms with Crippen LogP contribution < -0.4 is 10.3 Å². The van der Waals surface area contributed by atoms with Crippen molar-refractivity contribution in [2.24, 2.45) is 0 Å². The molecule has 1 atom stereocenters. The first kappa shape index (κ1) is 24.9. The summed E-state index contributed by atoms with van der Waals surface area (Å²) < 4.78 is 11.7. The van der Waals surface area contributed by atoms with Crippen LogP contribution in [0.4, 0.5) is 0 Å². The Morgan fingerprint density at radius 3 is 2.38 bits per heavy atom. The van der Waals surface area contributed by atoms with Crippen molar-refractivity contribution < 1.29 is 29.6 Å². The molecular formula is C26H29NO7. The van der Waals surface area contributed by atoms with Crippen LogP contribution in [0.5, 0.6) is 17.2 Å². The Hall–Kier alpha value is -3.78. The van der Waals surface area contributed by atoms with Gasteiger partial charge < -0.3 is 29.4 Å². The molecule has 0 aliphatic carbocycles. The zero-order valence-corrected chi connectivity index (χ0v) is 19.4. The van der Waals surface area contributed by atoms with Crippen LogP contribution in [0.25, 0.3) is 0 Å². The average molecular weight is 468 g/mol. The number of aliphatic hydroxyl groups is 1. The van der Waals surface area contributed by atoms with Crippen LogP contribution >= 0.6 is 0 Å². The second-order valence-corrected chi connectivity index (χ2v) is 8.02. The molecule has 1 heterocycles. The number of benzene rings is 2. The number of methoxy groups -OCH3 is 2. The highest BCUT2D eigenvalue weighted by Gasteiger charge is 2.27. The van der Waals surface area contributed by atoms with Gasteiger partial charge in [0, 0.05) is 23.7 Å². The summed E-state index contributed by atoms with van der Waals surface area (Å²) in [6.07, 6.45) is 0.363. The summed E-state index contributed by atoms with van der Waals surface area (Å²) in [7, 11) is 2.75. The van der Waals surface area contributed by atoms with Crippen molar-refractivity contribution in [2.45, 2.75) is 38.8 Å². The Bertz CT molecular complexity index is 1220. The lowest BCUT2D eigenvalue weighted by Gasteiger charge is -2.21. The predicted octanol–water partition coefficient (Wildman–Crippen LogP) is 3.01. The quantitative estimate of drug-likeness (QED) is 0.414. The van der Waals surface area contributed by atoms with Crippen molar-refractivity contribution in [1.82, 2.24) is 4.57 Å². The molecule has 0 aliphatic heterocycles. The Balaban J connectivity index is 2.08. The van der Waals surface area contributed by atoms with Crippen molar-refractivity contribution >= 4 is 5.97 Å². The van der Waals surface area contributed by atoms with E-state index in [0.29, 0.717) is 35.5 Å². The predicted molar refractivity (Wildman–Crippen MR) is 126 cm³/mol. The first-order chi connectivity index (χ1) is 16.3. The first-order valence-corrected chi connectivity index (χ1v) is 10.8. The third-order valence-corrected chi connectivity index (χ3v) is 5.91. The van der Waals surface area contributed by atoms with Gasteiger partial charge in [-0.1, -0.05) is 18.2 Å². The Labute approximate surface area is 197 Å². The number of ether oxygens (including phenoxy) is 2. The van der Waals surface area contributed by atoms with Crippen molar-refractivity contribution in [3.8, 4) is 17.2 Å². The van der Waals surface area contributed by atoms with Gasteiger partial charge in [-0.3, -0.25) is 9.59 Å². The number of hydrogen-bond donors (Lipinski definition) is 3. The number of carbonyl (C=O) groups is 1. The maximum atomic E-state index is 13.6. The Kier molecular flexibility index (Phi) is 7.96. The van der Waals surface area contributed by atoms with Gasteiger partial charge in [0.15, 0.2) is 0 Å². The van der Waals surface area contributed by atoms with Gasteiger partial charge >= 0.3 is 5.97 Å². The van der Waals surface area contributed by atoms with Gasteiger partial charge in [0.05, 0.1) is 32.8 Å². The van der Waals surface area contributed by atoms with Gasteiger partial charge in [-0.05, 0) is 54.8 Å². The van der Waals surface area contributed by atoms with E-state index in [9.17, 15) is 24.9 Å². The number of aromatic hydroxyl groups is 2. The van der Waals surface area contributed by atoms with Crippen LogP contribution in [0, 0.1) is 6.92 Å². The van der Waals surface area contributed by atoms with Gasteiger partial charge in [-0.15, -0.1) is 0 Å². The van der Waals surface area contributed by atoms with Crippen LogP contribution in [0.2, 0.25) is 0 Å². The van der Waals surface area contributed by atoms with E-state index in [1.807, 2.05) is 0 Å². The number of rotatable bonds is 9.